The maximum atomic E-state index is 14.2. The van der Waals surface area contributed by atoms with Crippen molar-refractivity contribution in [3.63, 3.8) is 0 Å². The molecule has 1 aromatic heterocycles. The summed E-state index contributed by atoms with van der Waals surface area (Å²) < 4.78 is 32.7. The Morgan fingerprint density at radius 1 is 0.968 bits per heavy atom. The van der Waals surface area contributed by atoms with Gasteiger partial charge in [-0.3, -0.25) is 33.3 Å². The van der Waals surface area contributed by atoms with Gasteiger partial charge in [-0.15, -0.1) is 0 Å². The van der Waals surface area contributed by atoms with E-state index in [9.17, 15) is 43.1 Å². The SMILES string of the molecule is COCCOCCC(=O)N1C[C@H](OCCCCc2ccccc2)C[C@H]1C(=O)N[C@@H](CC(C)C)C(=O)C[C@@H](Cc1cnc[nH]1)C(=O)N[C@@H](C)C(=O)C[C@H](C(N)=O)[C@@H](C)OP(=O)(O)O. The molecule has 7 atom stereocenters. The summed E-state index contributed by atoms with van der Waals surface area (Å²) in [5, 5.41) is 5.49. The number of Topliss-reactive ketones (excluding diaryl/α,β-unsaturated/α-hetero) is 2. The Kier molecular flexibility index (Phi) is 22.1. The fourth-order valence-corrected chi connectivity index (χ4v) is 7.80. The number of hydrogen-bond acceptors (Lipinski definition) is 12. The van der Waals surface area contributed by atoms with Crippen molar-refractivity contribution in [1.82, 2.24) is 25.5 Å². The lowest BCUT2D eigenvalue weighted by atomic mass is 9.89. The fourth-order valence-electron chi connectivity index (χ4n) is 7.22. The number of unbranched alkanes of at least 4 members (excludes halogenated alkanes) is 1. The number of rotatable bonds is 30. The summed E-state index contributed by atoms with van der Waals surface area (Å²) in [4.78, 5) is 108. The van der Waals surface area contributed by atoms with Crippen molar-refractivity contribution < 1.29 is 61.9 Å². The van der Waals surface area contributed by atoms with Gasteiger partial charge in [-0.1, -0.05) is 44.2 Å². The number of aromatic amines is 1. The molecule has 0 saturated carbocycles. The van der Waals surface area contributed by atoms with Crippen LogP contribution in [-0.4, -0.2) is 130 Å². The summed E-state index contributed by atoms with van der Waals surface area (Å²) in [6, 6.07) is 6.96. The summed E-state index contributed by atoms with van der Waals surface area (Å²) in [5.74, 6) is -6.17. The van der Waals surface area contributed by atoms with Crippen LogP contribution in [0.5, 0.6) is 0 Å². The number of H-pyrrole nitrogens is 1. The first-order chi connectivity index (χ1) is 29.4. The molecule has 1 fully saturated rings. The molecule has 19 nitrogen and oxygen atoms in total. The Balaban J connectivity index is 1.73. The van der Waals surface area contributed by atoms with E-state index in [0.717, 1.165) is 19.3 Å². The van der Waals surface area contributed by atoms with E-state index in [2.05, 4.69) is 37.3 Å². The number of primary amides is 1. The molecule has 0 spiro atoms. The lowest BCUT2D eigenvalue weighted by Gasteiger charge is -2.27. The van der Waals surface area contributed by atoms with Crippen molar-refractivity contribution in [2.75, 3.05) is 40.1 Å². The highest BCUT2D eigenvalue weighted by Gasteiger charge is 2.41. The number of aromatic nitrogens is 2. The number of methoxy groups -OCH3 is 1. The van der Waals surface area contributed by atoms with Crippen LogP contribution in [0.25, 0.3) is 0 Å². The second kappa shape index (κ2) is 26.3. The number of nitrogens with two attached hydrogens (primary N) is 1. The second-order valence-electron chi connectivity index (χ2n) is 16.1. The Morgan fingerprint density at radius 2 is 1.69 bits per heavy atom. The van der Waals surface area contributed by atoms with E-state index in [0.29, 0.717) is 25.5 Å². The van der Waals surface area contributed by atoms with E-state index in [1.807, 2.05) is 32.0 Å². The maximum Gasteiger partial charge on any atom is 0.469 e. The quantitative estimate of drug-likeness (QED) is 0.0485. The number of ether oxygens (including phenoxy) is 3. The zero-order valence-corrected chi connectivity index (χ0v) is 37.3. The Labute approximate surface area is 363 Å². The number of phosphoric ester groups is 1. The van der Waals surface area contributed by atoms with Crippen LogP contribution in [0.15, 0.2) is 42.9 Å². The average Bonchev–Trinajstić information content (AvgIpc) is 3.89. The smallest absolute Gasteiger partial charge is 0.382 e. The number of aryl methyl sites for hydroxylation is 1. The normalized spacial score (nSPS) is 17.8. The van der Waals surface area contributed by atoms with E-state index in [-0.39, 0.29) is 57.1 Å². The number of nitrogens with zero attached hydrogens (tertiary/aromatic N) is 2. The molecule has 2 aromatic rings. The standard InChI is InChI=1S/C42H65N6O13P/c1-27(2)19-35(38(50)21-31(20-32-24-44-26-45-32)41(53)46-28(3)37(49)23-34(40(43)52)29(4)61-62(55,56)57)47-42(54)36-22-33(25-48(36)39(51)14-16-59-18-17-58-5)60-15-10-9-13-30-11-7-6-8-12-30/h6-8,11-12,24,26-29,31,33-36H,9-10,13-23,25H2,1-5H3,(H2,43,52)(H,44,45)(H,46,53)(H,47,54)(H2,55,56,57)/t28-,29+,31+,33+,34-,35-,36-/m0/s1. The molecule has 0 aliphatic carbocycles. The van der Waals surface area contributed by atoms with Crippen molar-refractivity contribution in [3.05, 3.63) is 54.1 Å². The zero-order chi connectivity index (χ0) is 45.8. The molecule has 7 N–H and O–H groups in total. The number of nitrogens with one attached hydrogen (secondary N) is 3. The number of likely N-dealkylation sites (tertiary alicyclic amines) is 1. The first kappa shape index (κ1) is 52.0. The first-order valence-corrected chi connectivity index (χ1v) is 22.6. The van der Waals surface area contributed by atoms with Crippen molar-refractivity contribution >= 4 is 43.0 Å². The van der Waals surface area contributed by atoms with Crippen LogP contribution < -0.4 is 16.4 Å². The number of benzene rings is 1. The number of carbonyl (C=O) groups excluding carboxylic acids is 6. The molecule has 1 aliphatic rings. The van der Waals surface area contributed by atoms with Gasteiger partial charge < -0.3 is 50.2 Å². The highest BCUT2D eigenvalue weighted by Crippen LogP contribution is 2.39. The van der Waals surface area contributed by atoms with Gasteiger partial charge in [0.05, 0.1) is 68.7 Å². The third-order valence-corrected chi connectivity index (χ3v) is 11.2. The number of phosphoric acid groups is 1. The van der Waals surface area contributed by atoms with E-state index >= 15 is 0 Å². The molecule has 0 radical (unpaired) electrons. The number of carbonyl (C=O) groups is 6. The van der Waals surface area contributed by atoms with Gasteiger partial charge in [0.2, 0.25) is 23.6 Å². The van der Waals surface area contributed by atoms with Crippen LogP contribution in [0.3, 0.4) is 0 Å². The van der Waals surface area contributed by atoms with Gasteiger partial charge in [-0.25, -0.2) is 9.55 Å². The minimum absolute atomic E-state index is 0.0135. The fraction of sp³-hybridized carbons (Fsp3) is 0.643. The first-order valence-electron chi connectivity index (χ1n) is 21.1. The predicted octanol–water partition coefficient (Wildman–Crippen LogP) is 2.18. The summed E-state index contributed by atoms with van der Waals surface area (Å²) in [7, 11) is -3.47. The molecule has 0 bridgehead atoms. The van der Waals surface area contributed by atoms with E-state index in [1.54, 1.807) is 7.11 Å². The summed E-state index contributed by atoms with van der Waals surface area (Å²) in [5.41, 5.74) is 7.16. The monoisotopic (exact) mass is 892 g/mol. The third kappa shape index (κ3) is 18.5. The predicted molar refractivity (Wildman–Crippen MR) is 226 cm³/mol. The second-order valence-corrected chi connectivity index (χ2v) is 17.3. The minimum Gasteiger partial charge on any atom is -0.382 e. The number of amides is 4. The molecule has 346 valence electrons. The van der Waals surface area contributed by atoms with Gasteiger partial charge in [-0.05, 0) is 51.0 Å². The van der Waals surface area contributed by atoms with Crippen molar-refractivity contribution in [2.45, 2.75) is 116 Å². The number of imidazole rings is 1. The highest BCUT2D eigenvalue weighted by molar-refractivity contribution is 7.46. The minimum atomic E-state index is -5.01. The lowest BCUT2D eigenvalue weighted by molar-refractivity contribution is -0.140. The molecule has 1 saturated heterocycles. The third-order valence-electron chi connectivity index (χ3n) is 10.6. The topological polar surface area (TPSA) is 279 Å². The largest absolute Gasteiger partial charge is 0.469 e. The van der Waals surface area contributed by atoms with Crippen molar-refractivity contribution in [3.8, 4) is 0 Å². The molecule has 3 rings (SSSR count). The summed E-state index contributed by atoms with van der Waals surface area (Å²) >= 11 is 0. The van der Waals surface area contributed by atoms with Gasteiger partial charge in [-0.2, -0.15) is 0 Å². The molecular weight excluding hydrogens is 827 g/mol. The van der Waals surface area contributed by atoms with Crippen LogP contribution in [-0.2, 0) is 64.9 Å². The van der Waals surface area contributed by atoms with Crippen LogP contribution in [0, 0.1) is 17.8 Å². The Hall–Kier alpha value is -4.36. The molecular formula is C42H65N6O13P. The molecule has 2 heterocycles. The molecule has 20 heteroatoms. The Morgan fingerprint density at radius 3 is 2.32 bits per heavy atom. The average molecular weight is 893 g/mol. The van der Waals surface area contributed by atoms with Gasteiger partial charge in [0, 0.05) is 57.8 Å². The van der Waals surface area contributed by atoms with E-state index in [4.69, 9.17) is 19.9 Å². The van der Waals surface area contributed by atoms with Crippen LogP contribution in [0.2, 0.25) is 0 Å². The van der Waals surface area contributed by atoms with Gasteiger partial charge in [0.1, 0.15) is 6.04 Å². The zero-order valence-electron chi connectivity index (χ0n) is 36.4. The molecule has 1 aliphatic heterocycles. The summed E-state index contributed by atoms with van der Waals surface area (Å²) in [6.45, 7) is 7.77. The summed E-state index contributed by atoms with van der Waals surface area (Å²) in [6.07, 6.45) is 3.23. The number of hydrogen-bond donors (Lipinski definition) is 6. The van der Waals surface area contributed by atoms with Crippen LogP contribution >= 0.6 is 7.82 Å². The maximum absolute atomic E-state index is 14.2. The van der Waals surface area contributed by atoms with E-state index in [1.165, 1.54) is 36.8 Å². The number of ketones is 2. The molecule has 0 unspecified atom stereocenters. The molecule has 1 aromatic carbocycles. The highest BCUT2D eigenvalue weighted by atomic mass is 31.2. The van der Waals surface area contributed by atoms with Gasteiger partial charge in [0.25, 0.3) is 0 Å². The molecule has 62 heavy (non-hydrogen) atoms. The van der Waals surface area contributed by atoms with Gasteiger partial charge >= 0.3 is 7.82 Å². The van der Waals surface area contributed by atoms with Crippen LogP contribution in [0.4, 0.5) is 0 Å². The Bertz CT molecular complexity index is 1780. The van der Waals surface area contributed by atoms with Crippen molar-refractivity contribution in [1.29, 1.82) is 0 Å². The molecule has 4 amide bonds. The van der Waals surface area contributed by atoms with Crippen LogP contribution in [0.1, 0.15) is 83.9 Å². The lowest BCUT2D eigenvalue weighted by Crippen LogP contribution is -2.52. The van der Waals surface area contributed by atoms with Gasteiger partial charge in [0.15, 0.2) is 11.6 Å². The van der Waals surface area contributed by atoms with Crippen molar-refractivity contribution in [2.24, 2.45) is 23.5 Å². The van der Waals surface area contributed by atoms with E-state index < -0.39 is 85.7 Å².